The van der Waals surface area contributed by atoms with Crippen molar-refractivity contribution in [1.29, 1.82) is 0 Å². The Bertz CT molecular complexity index is 1090. The molecule has 44 heavy (non-hydrogen) atoms. The first-order chi connectivity index (χ1) is 20.5. The minimum atomic E-state index is -1.79. The van der Waals surface area contributed by atoms with Crippen LogP contribution in [0.5, 0.6) is 0 Å². The number of carbonyl (C=O) groups is 7. The molecule has 0 saturated carbocycles. The van der Waals surface area contributed by atoms with Gasteiger partial charge in [0.25, 0.3) is 0 Å². The van der Waals surface area contributed by atoms with Crippen molar-refractivity contribution < 1.29 is 86.0 Å². The minimum Gasteiger partial charge on any atom is -0.463 e. The van der Waals surface area contributed by atoms with E-state index in [1.807, 2.05) is 0 Å². The molecule has 0 aliphatic carbocycles. The fraction of sp³-hybridized carbons (Fsp3) is 0.731. The van der Waals surface area contributed by atoms with Gasteiger partial charge < -0.3 is 52.5 Å². The number of rotatable bonds is 11. The molecule has 2 rings (SSSR count). The molecule has 18 heteroatoms. The molecule has 2 aliphatic rings. The monoisotopic (exact) mass is 636 g/mol. The average Bonchev–Trinajstić information content (AvgIpc) is 2.87. The molecule has 1 N–H and O–H groups in total. The lowest BCUT2D eigenvalue weighted by atomic mass is 9.96. The van der Waals surface area contributed by atoms with E-state index in [0.717, 1.165) is 48.5 Å². The standard InChI is InChI=1S/C26H36O18/c1-10(27)35-8-17-19(34)21(37-12(3)29)23(39-14(5)31)26(42-17)44-20-18(9-36-11(2)28)43-25(41-16(7)33)24(40-15(6)32)22(20)38-13(4)30/h17-26,34H,8-9H2,1-7H3/t17-,18-,19+,20-,21+,22+,23-,24-,25?,26+/m1/s1. The first kappa shape index (κ1) is 36.3. The van der Waals surface area contributed by atoms with Gasteiger partial charge in [0.2, 0.25) is 12.4 Å². The average molecular weight is 637 g/mol. The summed E-state index contributed by atoms with van der Waals surface area (Å²) in [6.45, 7) is 6.09. The molecule has 18 nitrogen and oxygen atoms in total. The van der Waals surface area contributed by atoms with Crippen LogP contribution in [0.1, 0.15) is 48.5 Å². The van der Waals surface area contributed by atoms with Gasteiger partial charge in [-0.25, -0.2) is 0 Å². The molecule has 0 bridgehead atoms. The quantitative estimate of drug-likeness (QED) is 0.203. The SMILES string of the molecule is CC(=O)OC[C@H]1O[C@@H](O[C@H]2[C@H](OC(C)=O)[C@@H](OC(C)=O)C(OC(C)=O)O[C@@H]2COC(C)=O)[C@H](OC(C)=O)[C@@H](OC(C)=O)[C@H]1O. The van der Waals surface area contributed by atoms with Gasteiger partial charge in [0.05, 0.1) is 0 Å². The smallest absolute Gasteiger partial charge is 0.305 e. The lowest BCUT2D eigenvalue weighted by Gasteiger charge is -2.48. The van der Waals surface area contributed by atoms with E-state index in [1.165, 1.54) is 0 Å². The summed E-state index contributed by atoms with van der Waals surface area (Å²) in [7, 11) is 0. The maximum absolute atomic E-state index is 12.2. The summed E-state index contributed by atoms with van der Waals surface area (Å²) in [6.07, 6.45) is -16.3. The van der Waals surface area contributed by atoms with Crippen LogP contribution in [0.15, 0.2) is 0 Å². The van der Waals surface area contributed by atoms with Gasteiger partial charge in [-0.05, 0) is 0 Å². The molecule has 2 heterocycles. The molecule has 0 amide bonds. The lowest BCUT2D eigenvalue weighted by molar-refractivity contribution is -0.357. The fourth-order valence-corrected chi connectivity index (χ4v) is 4.41. The first-order valence-electron chi connectivity index (χ1n) is 13.3. The van der Waals surface area contributed by atoms with Gasteiger partial charge in [-0.15, -0.1) is 0 Å². The van der Waals surface area contributed by atoms with Crippen LogP contribution < -0.4 is 0 Å². The van der Waals surface area contributed by atoms with Gasteiger partial charge in [-0.1, -0.05) is 0 Å². The second-order valence-corrected chi connectivity index (χ2v) is 9.69. The molecule has 0 radical (unpaired) electrons. The van der Waals surface area contributed by atoms with Crippen molar-refractivity contribution in [2.75, 3.05) is 13.2 Å². The molecule has 1 unspecified atom stereocenters. The second kappa shape index (κ2) is 16.3. The minimum absolute atomic E-state index is 0.572. The summed E-state index contributed by atoms with van der Waals surface area (Å²) in [6, 6.07) is 0. The van der Waals surface area contributed by atoms with Crippen LogP contribution >= 0.6 is 0 Å². The number of hydrogen-bond acceptors (Lipinski definition) is 18. The van der Waals surface area contributed by atoms with Crippen molar-refractivity contribution in [2.45, 2.75) is 110 Å². The first-order valence-corrected chi connectivity index (χ1v) is 13.3. The normalized spacial score (nSPS) is 31.5. The molecule has 2 fully saturated rings. The zero-order valence-electron chi connectivity index (χ0n) is 25.1. The number of esters is 7. The number of ether oxygens (including phenoxy) is 10. The molecular formula is C26H36O18. The molecule has 0 aromatic heterocycles. The van der Waals surface area contributed by atoms with E-state index in [-0.39, 0.29) is 0 Å². The zero-order chi connectivity index (χ0) is 33.3. The van der Waals surface area contributed by atoms with Crippen molar-refractivity contribution in [3.8, 4) is 0 Å². The Kier molecular flexibility index (Phi) is 13.4. The Morgan fingerprint density at radius 3 is 1.32 bits per heavy atom. The van der Waals surface area contributed by atoms with Crippen molar-refractivity contribution in [2.24, 2.45) is 0 Å². The maximum atomic E-state index is 12.2. The highest BCUT2D eigenvalue weighted by Crippen LogP contribution is 2.34. The highest BCUT2D eigenvalue weighted by atomic mass is 16.8. The van der Waals surface area contributed by atoms with E-state index in [4.69, 9.17) is 47.4 Å². The van der Waals surface area contributed by atoms with Crippen LogP contribution in [0.25, 0.3) is 0 Å². The number of aliphatic hydroxyl groups is 1. The second-order valence-electron chi connectivity index (χ2n) is 9.69. The molecule has 248 valence electrons. The number of aliphatic hydroxyl groups excluding tert-OH is 1. The van der Waals surface area contributed by atoms with Gasteiger partial charge in [0, 0.05) is 48.5 Å². The van der Waals surface area contributed by atoms with Crippen molar-refractivity contribution >= 4 is 41.8 Å². The molecule has 10 atom stereocenters. The zero-order valence-corrected chi connectivity index (χ0v) is 25.1. The van der Waals surface area contributed by atoms with E-state index >= 15 is 0 Å². The highest BCUT2D eigenvalue weighted by molar-refractivity contribution is 5.69. The Morgan fingerprint density at radius 1 is 0.477 bits per heavy atom. The molecule has 2 aliphatic heterocycles. The predicted molar refractivity (Wildman–Crippen MR) is 135 cm³/mol. The van der Waals surface area contributed by atoms with Crippen LogP contribution in [0.3, 0.4) is 0 Å². The summed E-state index contributed by atoms with van der Waals surface area (Å²) >= 11 is 0. The van der Waals surface area contributed by atoms with E-state index in [9.17, 15) is 38.7 Å². The summed E-state index contributed by atoms with van der Waals surface area (Å²) in [5.74, 6) is -6.04. The van der Waals surface area contributed by atoms with Crippen molar-refractivity contribution in [3.05, 3.63) is 0 Å². The van der Waals surface area contributed by atoms with Crippen LogP contribution in [0.2, 0.25) is 0 Å². The fourth-order valence-electron chi connectivity index (χ4n) is 4.41. The molecule has 0 aromatic carbocycles. The largest absolute Gasteiger partial charge is 0.463 e. The third-order valence-corrected chi connectivity index (χ3v) is 5.89. The molecule has 2 saturated heterocycles. The van der Waals surface area contributed by atoms with E-state index in [1.54, 1.807) is 0 Å². The number of carbonyl (C=O) groups excluding carboxylic acids is 7. The highest BCUT2D eigenvalue weighted by Gasteiger charge is 2.57. The third-order valence-electron chi connectivity index (χ3n) is 5.89. The predicted octanol–water partition coefficient (Wildman–Crippen LogP) is -1.40. The van der Waals surface area contributed by atoms with Gasteiger partial charge in [-0.3, -0.25) is 33.6 Å². The van der Waals surface area contributed by atoms with E-state index < -0.39 is 116 Å². The summed E-state index contributed by atoms with van der Waals surface area (Å²) < 4.78 is 54.1. The molecule has 0 spiro atoms. The van der Waals surface area contributed by atoms with Crippen LogP contribution in [-0.4, -0.2) is 122 Å². The summed E-state index contributed by atoms with van der Waals surface area (Å²) in [5.41, 5.74) is 0. The van der Waals surface area contributed by atoms with Crippen LogP contribution in [0.4, 0.5) is 0 Å². The molecule has 0 aromatic rings. The lowest BCUT2D eigenvalue weighted by Crippen LogP contribution is -2.67. The Morgan fingerprint density at radius 2 is 0.864 bits per heavy atom. The van der Waals surface area contributed by atoms with Gasteiger partial charge in [0.1, 0.15) is 37.6 Å². The summed E-state index contributed by atoms with van der Waals surface area (Å²) in [4.78, 5) is 83.3. The van der Waals surface area contributed by atoms with Crippen LogP contribution in [-0.2, 0) is 80.9 Å². The van der Waals surface area contributed by atoms with Crippen molar-refractivity contribution in [1.82, 2.24) is 0 Å². The van der Waals surface area contributed by atoms with Gasteiger partial charge >= 0.3 is 41.8 Å². The van der Waals surface area contributed by atoms with E-state index in [2.05, 4.69) is 0 Å². The van der Waals surface area contributed by atoms with Gasteiger partial charge in [-0.2, -0.15) is 0 Å². The Hall–Kier alpha value is -3.87. The number of hydrogen-bond donors (Lipinski definition) is 1. The van der Waals surface area contributed by atoms with E-state index in [0.29, 0.717) is 0 Å². The van der Waals surface area contributed by atoms with Crippen molar-refractivity contribution in [3.63, 3.8) is 0 Å². The van der Waals surface area contributed by atoms with Crippen LogP contribution in [0, 0.1) is 0 Å². The maximum Gasteiger partial charge on any atom is 0.305 e. The Labute approximate surface area is 251 Å². The third kappa shape index (κ3) is 10.7. The topological polar surface area (TPSA) is 232 Å². The Balaban J connectivity index is 2.65. The summed E-state index contributed by atoms with van der Waals surface area (Å²) in [5, 5.41) is 10.9. The molecular weight excluding hydrogens is 600 g/mol. The van der Waals surface area contributed by atoms with Gasteiger partial charge in [0.15, 0.2) is 24.6 Å².